The Morgan fingerprint density at radius 2 is 1.47 bits per heavy atom. The highest BCUT2D eigenvalue weighted by molar-refractivity contribution is 6.35. The molecule has 1 saturated heterocycles. The van der Waals surface area contributed by atoms with Crippen LogP contribution < -0.4 is 4.74 Å². The second-order valence-electron chi connectivity index (χ2n) is 7.25. The van der Waals surface area contributed by atoms with Crippen LogP contribution in [0.1, 0.15) is 26.7 Å². The molecule has 0 radical (unpaired) electrons. The monoisotopic (exact) mass is 476 g/mol. The van der Waals surface area contributed by atoms with Crippen LogP contribution in [0.2, 0.25) is 10.0 Å². The number of benzene rings is 2. The van der Waals surface area contributed by atoms with Gasteiger partial charge in [0.15, 0.2) is 5.76 Å². The van der Waals surface area contributed by atoms with Crippen molar-refractivity contribution in [2.75, 3.05) is 26.2 Å². The van der Waals surface area contributed by atoms with E-state index in [1.807, 2.05) is 0 Å². The van der Waals surface area contributed by atoms with Crippen LogP contribution in [0.25, 0.3) is 0 Å². The van der Waals surface area contributed by atoms with Gasteiger partial charge in [0.2, 0.25) is 0 Å². The lowest BCUT2D eigenvalue weighted by atomic mass is 10.1. The summed E-state index contributed by atoms with van der Waals surface area (Å²) in [5.41, 5.74) is 0.416. The van der Waals surface area contributed by atoms with E-state index >= 15 is 0 Å². The van der Waals surface area contributed by atoms with Crippen LogP contribution >= 0.6 is 23.2 Å². The van der Waals surface area contributed by atoms with Crippen molar-refractivity contribution in [1.29, 1.82) is 0 Å². The number of hydrogen-bond donors (Lipinski definition) is 0. The van der Waals surface area contributed by atoms with E-state index in [0.29, 0.717) is 53.3 Å². The third kappa shape index (κ3) is 5.23. The molecular weight excluding hydrogens is 458 g/mol. The molecule has 1 aliphatic heterocycles. The van der Waals surface area contributed by atoms with E-state index in [9.17, 15) is 14.0 Å². The summed E-state index contributed by atoms with van der Waals surface area (Å²) in [6.07, 6.45) is 0. The Morgan fingerprint density at radius 3 is 2.09 bits per heavy atom. The largest absolute Gasteiger partial charge is 0.486 e. The van der Waals surface area contributed by atoms with Gasteiger partial charge in [-0.2, -0.15) is 0 Å². The molecule has 2 aromatic carbocycles. The predicted octanol–water partition coefficient (Wildman–Crippen LogP) is 4.90. The van der Waals surface area contributed by atoms with Crippen LogP contribution in [-0.4, -0.2) is 47.8 Å². The minimum absolute atomic E-state index is 0.114. The molecule has 1 aliphatic rings. The molecule has 0 unspecified atom stereocenters. The third-order valence-corrected chi connectivity index (χ3v) is 5.47. The molecule has 9 heteroatoms. The molecule has 32 heavy (non-hydrogen) atoms. The Hall–Kier alpha value is -3.03. The van der Waals surface area contributed by atoms with E-state index in [1.165, 1.54) is 24.3 Å². The van der Waals surface area contributed by atoms with Crippen LogP contribution in [0.5, 0.6) is 5.75 Å². The lowest BCUT2D eigenvalue weighted by Gasteiger charge is -2.34. The molecule has 3 aromatic rings. The average Bonchev–Trinajstić information content (AvgIpc) is 3.26. The summed E-state index contributed by atoms with van der Waals surface area (Å²) in [6, 6.07) is 13.6. The summed E-state index contributed by atoms with van der Waals surface area (Å²) in [5.74, 6) is 0.392. The number of hydrogen-bond acceptors (Lipinski definition) is 4. The number of nitrogens with zero attached hydrogens (tertiary/aromatic N) is 2. The van der Waals surface area contributed by atoms with Gasteiger partial charge in [0, 0.05) is 41.8 Å². The van der Waals surface area contributed by atoms with E-state index in [1.54, 1.807) is 40.1 Å². The van der Waals surface area contributed by atoms with E-state index in [-0.39, 0.29) is 30.0 Å². The smallest absolute Gasteiger partial charge is 0.289 e. The first kappa shape index (κ1) is 22.2. The number of rotatable bonds is 5. The van der Waals surface area contributed by atoms with E-state index in [4.69, 9.17) is 32.4 Å². The van der Waals surface area contributed by atoms with Gasteiger partial charge in [-0.3, -0.25) is 9.59 Å². The zero-order valence-electron chi connectivity index (χ0n) is 16.9. The van der Waals surface area contributed by atoms with E-state index in [0.717, 1.165) is 0 Å². The fourth-order valence-corrected chi connectivity index (χ4v) is 3.91. The maximum Gasteiger partial charge on any atom is 0.289 e. The van der Waals surface area contributed by atoms with E-state index < -0.39 is 0 Å². The number of amides is 2. The van der Waals surface area contributed by atoms with Crippen LogP contribution in [0.15, 0.2) is 59.0 Å². The summed E-state index contributed by atoms with van der Waals surface area (Å²) < 4.78 is 24.1. The van der Waals surface area contributed by atoms with Crippen molar-refractivity contribution in [2.45, 2.75) is 6.61 Å². The molecule has 0 N–H and O–H groups in total. The van der Waals surface area contributed by atoms with Gasteiger partial charge in [-0.25, -0.2) is 4.39 Å². The summed E-state index contributed by atoms with van der Waals surface area (Å²) >= 11 is 12.0. The van der Waals surface area contributed by atoms with Gasteiger partial charge >= 0.3 is 0 Å². The molecule has 2 heterocycles. The number of carbonyl (C=O) groups excluding carboxylic acids is 2. The van der Waals surface area contributed by atoms with Crippen LogP contribution in [0, 0.1) is 5.82 Å². The molecule has 0 saturated carbocycles. The molecule has 6 nitrogen and oxygen atoms in total. The highest BCUT2D eigenvalue weighted by Crippen LogP contribution is 2.21. The molecule has 0 aliphatic carbocycles. The van der Waals surface area contributed by atoms with Gasteiger partial charge in [0.1, 0.15) is 23.9 Å². The number of halogens is 3. The quantitative estimate of drug-likeness (QED) is 0.525. The topological polar surface area (TPSA) is 63.0 Å². The zero-order chi connectivity index (χ0) is 22.7. The van der Waals surface area contributed by atoms with Gasteiger partial charge in [-0.1, -0.05) is 23.2 Å². The third-order valence-electron chi connectivity index (χ3n) is 5.03. The Labute approximate surface area is 194 Å². The van der Waals surface area contributed by atoms with Crippen molar-refractivity contribution in [2.24, 2.45) is 0 Å². The molecule has 2 amide bonds. The predicted molar refractivity (Wildman–Crippen MR) is 118 cm³/mol. The SMILES string of the molecule is O=C(c1cc(Cl)cc(Cl)c1)N1CCN(C(=O)c2ccc(COc3ccc(F)cc3)o2)CC1. The van der Waals surface area contributed by atoms with Crippen LogP contribution in [-0.2, 0) is 6.61 Å². The zero-order valence-corrected chi connectivity index (χ0v) is 18.4. The highest BCUT2D eigenvalue weighted by Gasteiger charge is 2.27. The summed E-state index contributed by atoms with van der Waals surface area (Å²) in [4.78, 5) is 28.8. The molecule has 166 valence electrons. The molecule has 0 atom stereocenters. The summed E-state index contributed by atoms with van der Waals surface area (Å²) in [6.45, 7) is 1.64. The van der Waals surface area contributed by atoms with Gasteiger partial charge < -0.3 is 19.0 Å². The van der Waals surface area contributed by atoms with Crippen molar-refractivity contribution in [3.8, 4) is 5.75 Å². The summed E-state index contributed by atoms with van der Waals surface area (Å²) in [5, 5.41) is 0.790. The Kier molecular flexibility index (Phi) is 6.67. The van der Waals surface area contributed by atoms with Gasteiger partial charge in [0.25, 0.3) is 11.8 Å². The van der Waals surface area contributed by atoms with Gasteiger partial charge in [-0.15, -0.1) is 0 Å². The van der Waals surface area contributed by atoms with E-state index in [2.05, 4.69) is 0 Å². The van der Waals surface area contributed by atoms with Crippen molar-refractivity contribution in [1.82, 2.24) is 9.80 Å². The fraction of sp³-hybridized carbons (Fsp3) is 0.217. The van der Waals surface area contributed by atoms with Crippen molar-refractivity contribution < 1.29 is 23.1 Å². The summed E-state index contributed by atoms with van der Waals surface area (Å²) in [7, 11) is 0. The Morgan fingerprint density at radius 1 is 0.875 bits per heavy atom. The Bertz CT molecular complexity index is 1110. The second-order valence-corrected chi connectivity index (χ2v) is 8.12. The van der Waals surface area contributed by atoms with Crippen LogP contribution in [0.4, 0.5) is 4.39 Å². The van der Waals surface area contributed by atoms with Crippen molar-refractivity contribution in [3.63, 3.8) is 0 Å². The van der Waals surface area contributed by atoms with Crippen LogP contribution in [0.3, 0.4) is 0 Å². The first-order chi connectivity index (χ1) is 15.4. The van der Waals surface area contributed by atoms with Crippen molar-refractivity contribution >= 4 is 35.0 Å². The lowest BCUT2D eigenvalue weighted by molar-refractivity contribution is 0.0516. The molecule has 1 aromatic heterocycles. The molecule has 4 rings (SSSR count). The number of furan rings is 1. The molecular formula is C23H19Cl2FN2O4. The average molecular weight is 477 g/mol. The highest BCUT2D eigenvalue weighted by atomic mass is 35.5. The first-order valence-corrected chi connectivity index (χ1v) is 10.7. The minimum atomic E-state index is -0.346. The number of ether oxygens (including phenoxy) is 1. The number of carbonyl (C=O) groups is 2. The second kappa shape index (κ2) is 9.63. The van der Waals surface area contributed by atoms with Crippen molar-refractivity contribution in [3.05, 3.63) is 87.5 Å². The maximum atomic E-state index is 13.0. The van der Waals surface area contributed by atoms with Gasteiger partial charge in [0.05, 0.1) is 0 Å². The normalized spacial score (nSPS) is 13.8. The standard InChI is InChI=1S/C23H19Cl2FN2O4/c24-16-11-15(12-17(25)13-16)22(29)27-7-9-28(10-8-27)23(30)21-6-5-20(32-21)14-31-19-3-1-18(26)2-4-19/h1-6,11-13H,7-10,14H2. The fourth-order valence-electron chi connectivity index (χ4n) is 3.38. The van der Waals surface area contributed by atoms with Gasteiger partial charge in [-0.05, 0) is 54.6 Å². The lowest BCUT2D eigenvalue weighted by Crippen LogP contribution is -2.50. The first-order valence-electron chi connectivity index (χ1n) is 9.91. The minimum Gasteiger partial charge on any atom is -0.486 e. The maximum absolute atomic E-state index is 13.0. The molecule has 0 bridgehead atoms. The number of piperazine rings is 1. The molecule has 0 spiro atoms. The molecule has 1 fully saturated rings. The Balaban J connectivity index is 1.31.